The van der Waals surface area contributed by atoms with E-state index in [1.54, 1.807) is 32.9 Å². The zero-order valence-electron chi connectivity index (χ0n) is 18.4. The lowest BCUT2D eigenvalue weighted by Gasteiger charge is -2.32. The van der Waals surface area contributed by atoms with Crippen LogP contribution in [-0.2, 0) is 26.2 Å². The van der Waals surface area contributed by atoms with Gasteiger partial charge in [0, 0.05) is 22.6 Å². The molecule has 0 aliphatic carbocycles. The summed E-state index contributed by atoms with van der Waals surface area (Å²) in [4.78, 5) is 27.3. The summed E-state index contributed by atoms with van der Waals surface area (Å²) < 4.78 is 27.1. The lowest BCUT2D eigenvalue weighted by atomic mass is 10.1. The molecule has 0 saturated heterocycles. The molecule has 0 bridgehead atoms. The van der Waals surface area contributed by atoms with E-state index in [4.69, 9.17) is 11.6 Å². The predicted octanol–water partition coefficient (Wildman–Crippen LogP) is 3.73. The molecule has 1 N–H and O–H groups in total. The van der Waals surface area contributed by atoms with Crippen LogP contribution >= 0.6 is 27.5 Å². The fourth-order valence-corrected chi connectivity index (χ4v) is 4.47. The van der Waals surface area contributed by atoms with Crippen molar-refractivity contribution in [2.24, 2.45) is 0 Å². The highest BCUT2D eigenvalue weighted by Gasteiger charge is 2.30. The number of benzene rings is 2. The highest BCUT2D eigenvalue weighted by Crippen LogP contribution is 2.26. The van der Waals surface area contributed by atoms with E-state index in [-0.39, 0.29) is 12.5 Å². The molecule has 2 aromatic carbocycles. The average molecular weight is 545 g/mol. The smallest absolute Gasteiger partial charge is 0.244 e. The van der Waals surface area contributed by atoms with Crippen LogP contribution in [0.15, 0.2) is 46.9 Å². The monoisotopic (exact) mass is 543 g/mol. The molecular formula is C22H27BrClN3O4S. The Morgan fingerprint density at radius 3 is 2.34 bits per heavy atom. The molecule has 2 rings (SSSR count). The highest BCUT2D eigenvalue weighted by atomic mass is 79.9. The van der Waals surface area contributed by atoms with Gasteiger partial charge in [-0.3, -0.25) is 13.9 Å². The van der Waals surface area contributed by atoms with Gasteiger partial charge in [-0.1, -0.05) is 45.7 Å². The first-order valence-electron chi connectivity index (χ1n) is 9.99. The van der Waals surface area contributed by atoms with Gasteiger partial charge in [0.25, 0.3) is 0 Å². The zero-order valence-corrected chi connectivity index (χ0v) is 21.6. The largest absolute Gasteiger partial charge is 0.355 e. The van der Waals surface area contributed by atoms with Crippen molar-refractivity contribution in [3.05, 3.63) is 63.1 Å². The number of carbonyl (C=O) groups is 2. The molecule has 0 saturated carbocycles. The molecule has 7 nitrogen and oxygen atoms in total. The second-order valence-electron chi connectivity index (χ2n) is 7.42. The van der Waals surface area contributed by atoms with Crippen LogP contribution in [0.25, 0.3) is 0 Å². The number of amides is 2. The van der Waals surface area contributed by atoms with Gasteiger partial charge in [-0.2, -0.15) is 0 Å². The fourth-order valence-electron chi connectivity index (χ4n) is 3.14. The summed E-state index contributed by atoms with van der Waals surface area (Å²) in [5.41, 5.74) is 1.79. The van der Waals surface area contributed by atoms with E-state index >= 15 is 0 Å². The van der Waals surface area contributed by atoms with Gasteiger partial charge in [0.1, 0.15) is 12.6 Å². The molecule has 2 aromatic rings. The summed E-state index contributed by atoms with van der Waals surface area (Å²) >= 11 is 9.46. The van der Waals surface area contributed by atoms with Crippen LogP contribution in [0.1, 0.15) is 25.0 Å². The van der Waals surface area contributed by atoms with Crippen LogP contribution in [0.4, 0.5) is 5.69 Å². The van der Waals surface area contributed by atoms with Gasteiger partial charge in [-0.15, -0.1) is 0 Å². The average Bonchev–Trinajstić information content (AvgIpc) is 2.72. The van der Waals surface area contributed by atoms with E-state index in [0.717, 1.165) is 20.6 Å². The summed E-state index contributed by atoms with van der Waals surface area (Å²) in [7, 11) is -3.80. The third-order valence-corrected chi connectivity index (χ3v) is 6.79. The first-order chi connectivity index (χ1) is 14.9. The molecule has 1 atom stereocenters. The van der Waals surface area contributed by atoms with E-state index < -0.39 is 28.5 Å². The first-order valence-corrected chi connectivity index (χ1v) is 13.0. The second-order valence-corrected chi connectivity index (χ2v) is 10.7. The summed E-state index contributed by atoms with van der Waals surface area (Å²) in [6.45, 7) is 5.26. The van der Waals surface area contributed by atoms with Crippen molar-refractivity contribution in [2.75, 3.05) is 23.7 Å². The number of nitrogens with one attached hydrogen (secondary N) is 1. The Balaban J connectivity index is 2.42. The molecule has 0 spiro atoms. The van der Waals surface area contributed by atoms with Crippen molar-refractivity contribution >= 4 is 55.1 Å². The molecular weight excluding hydrogens is 518 g/mol. The maximum absolute atomic E-state index is 13.4. The molecule has 2 amide bonds. The Bertz CT molecular complexity index is 1080. The van der Waals surface area contributed by atoms with Crippen molar-refractivity contribution in [2.45, 2.75) is 33.4 Å². The number of anilines is 1. The van der Waals surface area contributed by atoms with E-state index in [0.29, 0.717) is 22.8 Å². The van der Waals surface area contributed by atoms with Gasteiger partial charge < -0.3 is 10.2 Å². The molecule has 1 unspecified atom stereocenters. The standard InChI is InChI=1S/C22H27BrClN3O4S/c1-5-25-22(29)16(3)26(13-17-7-9-18(23)10-8-17)21(28)14-27(32(4,30)31)20-12-19(24)11-6-15(20)2/h6-12,16H,5,13-14H2,1-4H3,(H,25,29). The maximum atomic E-state index is 13.4. The topological polar surface area (TPSA) is 86.8 Å². The van der Waals surface area contributed by atoms with E-state index in [1.807, 2.05) is 24.3 Å². The number of halogens is 2. The first kappa shape index (κ1) is 26.2. The Morgan fingerprint density at radius 2 is 1.78 bits per heavy atom. The molecule has 0 heterocycles. The van der Waals surface area contributed by atoms with Crippen LogP contribution in [0, 0.1) is 6.92 Å². The highest BCUT2D eigenvalue weighted by molar-refractivity contribution is 9.10. The fraction of sp³-hybridized carbons (Fsp3) is 0.364. The molecule has 0 aromatic heterocycles. The summed E-state index contributed by atoms with van der Waals surface area (Å²) in [5, 5.41) is 3.07. The Labute approximate surface area is 202 Å². The Kier molecular flexibility index (Phi) is 9.12. The number of hydrogen-bond acceptors (Lipinski definition) is 4. The molecule has 0 aliphatic rings. The molecule has 0 aliphatic heterocycles. The molecule has 10 heteroatoms. The number of rotatable bonds is 9. The van der Waals surface area contributed by atoms with Crippen molar-refractivity contribution in [3.8, 4) is 0 Å². The minimum Gasteiger partial charge on any atom is -0.355 e. The molecule has 32 heavy (non-hydrogen) atoms. The normalized spacial score (nSPS) is 12.2. The number of carbonyl (C=O) groups excluding carboxylic acids is 2. The van der Waals surface area contributed by atoms with Crippen LogP contribution in [-0.4, -0.2) is 50.5 Å². The summed E-state index contributed by atoms with van der Waals surface area (Å²) in [6, 6.07) is 11.4. The minimum absolute atomic E-state index is 0.149. The second kappa shape index (κ2) is 11.2. The number of likely N-dealkylation sites (N-methyl/N-ethyl adjacent to an activating group) is 1. The number of hydrogen-bond donors (Lipinski definition) is 1. The van der Waals surface area contributed by atoms with Crippen LogP contribution in [0.5, 0.6) is 0 Å². The van der Waals surface area contributed by atoms with Gasteiger partial charge in [0.2, 0.25) is 21.8 Å². The lowest BCUT2D eigenvalue weighted by Crippen LogP contribution is -2.51. The zero-order chi connectivity index (χ0) is 24.1. The summed E-state index contributed by atoms with van der Waals surface area (Å²) in [5.74, 6) is -0.820. The molecule has 174 valence electrons. The molecule has 0 fully saturated rings. The third kappa shape index (κ3) is 6.95. The van der Waals surface area contributed by atoms with Crippen LogP contribution in [0.2, 0.25) is 5.02 Å². The Hall–Kier alpha value is -2.10. The minimum atomic E-state index is -3.80. The maximum Gasteiger partial charge on any atom is 0.244 e. The summed E-state index contributed by atoms with van der Waals surface area (Å²) in [6.07, 6.45) is 1.03. The number of sulfonamides is 1. The Morgan fingerprint density at radius 1 is 1.16 bits per heavy atom. The van der Waals surface area contributed by atoms with Gasteiger partial charge in [0.05, 0.1) is 11.9 Å². The van der Waals surface area contributed by atoms with Gasteiger partial charge >= 0.3 is 0 Å². The van der Waals surface area contributed by atoms with E-state index in [9.17, 15) is 18.0 Å². The van der Waals surface area contributed by atoms with Crippen molar-refractivity contribution in [1.29, 1.82) is 0 Å². The van der Waals surface area contributed by atoms with Crippen molar-refractivity contribution in [1.82, 2.24) is 10.2 Å². The van der Waals surface area contributed by atoms with Gasteiger partial charge in [-0.05, 0) is 56.2 Å². The third-order valence-electron chi connectivity index (χ3n) is 4.90. The predicted molar refractivity (Wildman–Crippen MR) is 131 cm³/mol. The van der Waals surface area contributed by atoms with Crippen LogP contribution < -0.4 is 9.62 Å². The van der Waals surface area contributed by atoms with Crippen molar-refractivity contribution < 1.29 is 18.0 Å². The van der Waals surface area contributed by atoms with Crippen molar-refractivity contribution in [3.63, 3.8) is 0 Å². The quantitative estimate of drug-likeness (QED) is 0.521. The number of nitrogens with zero attached hydrogens (tertiary/aromatic N) is 2. The number of aryl methyl sites for hydroxylation is 1. The van der Waals surface area contributed by atoms with Gasteiger partial charge in [0.15, 0.2) is 0 Å². The molecule has 0 radical (unpaired) electrons. The van der Waals surface area contributed by atoms with Gasteiger partial charge in [-0.25, -0.2) is 8.42 Å². The SMILES string of the molecule is CCNC(=O)C(C)N(Cc1ccc(Br)cc1)C(=O)CN(c1cc(Cl)ccc1C)S(C)(=O)=O. The van der Waals surface area contributed by atoms with E-state index in [2.05, 4.69) is 21.2 Å². The van der Waals surface area contributed by atoms with Crippen LogP contribution in [0.3, 0.4) is 0 Å². The lowest BCUT2D eigenvalue weighted by molar-refractivity contribution is -0.139. The van der Waals surface area contributed by atoms with E-state index in [1.165, 1.54) is 11.0 Å².